The number of aliphatic hydroxyl groups excluding tert-OH is 1. The first-order valence-electron chi connectivity index (χ1n) is 8.74. The van der Waals surface area contributed by atoms with Crippen LogP contribution in [-0.2, 0) is 13.2 Å². The number of rotatable bonds is 10. The van der Waals surface area contributed by atoms with Gasteiger partial charge in [0.05, 0.1) is 13.2 Å². The van der Waals surface area contributed by atoms with Crippen LogP contribution in [-0.4, -0.2) is 24.4 Å². The highest BCUT2D eigenvalue weighted by atomic mass is 35.5. The Morgan fingerprint density at radius 2 is 1.88 bits per heavy atom. The summed E-state index contributed by atoms with van der Waals surface area (Å²) < 4.78 is 11.7. The minimum Gasteiger partial charge on any atom is -0.490 e. The second-order valence-electron chi connectivity index (χ2n) is 5.88. The lowest BCUT2D eigenvalue weighted by Gasteiger charge is -2.15. The van der Waals surface area contributed by atoms with Crippen molar-refractivity contribution in [3.8, 4) is 11.5 Å². The Labute approximate surface area is 154 Å². The Kier molecular flexibility index (Phi) is 8.06. The van der Waals surface area contributed by atoms with Crippen LogP contribution in [0.5, 0.6) is 11.5 Å². The summed E-state index contributed by atoms with van der Waals surface area (Å²) in [7, 11) is 0. The number of hydrogen-bond acceptors (Lipinski definition) is 3. The predicted molar refractivity (Wildman–Crippen MR) is 100 cm³/mol. The van der Waals surface area contributed by atoms with E-state index in [2.05, 4.69) is 12.2 Å². The third-order valence-corrected chi connectivity index (χ3v) is 4.46. The fourth-order valence-corrected chi connectivity index (χ4v) is 2.70. The van der Waals surface area contributed by atoms with Crippen molar-refractivity contribution in [3.63, 3.8) is 0 Å². The highest BCUT2D eigenvalue weighted by Crippen LogP contribution is 2.29. The summed E-state index contributed by atoms with van der Waals surface area (Å²) in [5.74, 6) is 1.44. The van der Waals surface area contributed by atoms with E-state index in [1.54, 1.807) is 0 Å². The van der Waals surface area contributed by atoms with Gasteiger partial charge in [0, 0.05) is 16.1 Å². The van der Waals surface area contributed by atoms with Gasteiger partial charge in [-0.2, -0.15) is 0 Å². The average Bonchev–Trinajstić information content (AvgIpc) is 2.63. The van der Waals surface area contributed by atoms with Crippen LogP contribution in [0.4, 0.5) is 0 Å². The van der Waals surface area contributed by atoms with Crippen LogP contribution < -0.4 is 14.8 Å². The van der Waals surface area contributed by atoms with Crippen molar-refractivity contribution in [3.05, 3.63) is 58.6 Å². The molecule has 0 fully saturated rings. The fraction of sp³-hybridized carbons (Fsp3) is 0.400. The highest BCUT2D eigenvalue weighted by molar-refractivity contribution is 6.31. The van der Waals surface area contributed by atoms with Crippen LogP contribution in [0.25, 0.3) is 0 Å². The van der Waals surface area contributed by atoms with Gasteiger partial charge in [-0.15, -0.1) is 0 Å². The molecule has 0 unspecified atom stereocenters. The molecule has 0 aromatic heterocycles. The Bertz CT molecular complexity index is 659. The van der Waals surface area contributed by atoms with E-state index >= 15 is 0 Å². The normalized spacial score (nSPS) is 12.0. The van der Waals surface area contributed by atoms with E-state index in [9.17, 15) is 5.11 Å². The Morgan fingerprint density at radius 1 is 1.08 bits per heavy atom. The number of quaternary nitrogens is 1. The van der Waals surface area contributed by atoms with Crippen molar-refractivity contribution >= 4 is 11.6 Å². The zero-order valence-electron chi connectivity index (χ0n) is 14.9. The predicted octanol–water partition coefficient (Wildman–Crippen LogP) is 3.15. The minimum atomic E-state index is 0.188. The van der Waals surface area contributed by atoms with Crippen LogP contribution in [0.3, 0.4) is 0 Å². The maximum absolute atomic E-state index is 9.30. The maximum atomic E-state index is 9.30. The van der Waals surface area contributed by atoms with E-state index in [0.29, 0.717) is 24.0 Å². The number of nitrogens with two attached hydrogens (primary N) is 1. The lowest BCUT2D eigenvalue weighted by molar-refractivity contribution is -0.706. The quantitative estimate of drug-likeness (QED) is 0.681. The average molecular weight is 365 g/mol. The Balaban J connectivity index is 2.06. The number of aliphatic hydroxyl groups is 1. The topological polar surface area (TPSA) is 55.3 Å². The van der Waals surface area contributed by atoms with Crippen molar-refractivity contribution < 1.29 is 19.9 Å². The summed E-state index contributed by atoms with van der Waals surface area (Å²) in [6.07, 6.45) is 0.938. The molecule has 0 aliphatic heterocycles. The van der Waals surface area contributed by atoms with Gasteiger partial charge in [0.25, 0.3) is 0 Å². The molecule has 0 saturated heterocycles. The second kappa shape index (κ2) is 10.3. The molecule has 4 nitrogen and oxygen atoms in total. The molecule has 2 aromatic carbocycles. The van der Waals surface area contributed by atoms with Crippen molar-refractivity contribution in [2.45, 2.75) is 39.5 Å². The third-order valence-electron chi connectivity index (χ3n) is 4.09. The molecule has 5 heteroatoms. The summed E-state index contributed by atoms with van der Waals surface area (Å²) >= 11 is 6.18. The maximum Gasteiger partial charge on any atom is 0.161 e. The SMILES string of the molecule is CCOc1cc(C[NH2+][C@H](CC)CO)ccc1OCc1ccccc1Cl. The van der Waals surface area contributed by atoms with Gasteiger partial charge in [-0.25, -0.2) is 0 Å². The number of benzene rings is 2. The molecule has 0 spiro atoms. The Hall–Kier alpha value is -1.75. The van der Waals surface area contributed by atoms with Crippen LogP contribution in [0.2, 0.25) is 5.02 Å². The number of halogens is 1. The van der Waals surface area contributed by atoms with Crippen LogP contribution in [0.15, 0.2) is 42.5 Å². The molecule has 0 amide bonds. The summed E-state index contributed by atoms with van der Waals surface area (Å²) in [5.41, 5.74) is 2.08. The van der Waals surface area contributed by atoms with Crippen molar-refractivity contribution in [2.75, 3.05) is 13.2 Å². The van der Waals surface area contributed by atoms with Crippen LogP contribution in [0.1, 0.15) is 31.4 Å². The number of ether oxygens (including phenoxy) is 2. The molecule has 0 aliphatic rings. The molecule has 3 N–H and O–H groups in total. The van der Waals surface area contributed by atoms with E-state index in [-0.39, 0.29) is 12.6 Å². The smallest absolute Gasteiger partial charge is 0.161 e. The third kappa shape index (κ3) is 5.92. The van der Waals surface area contributed by atoms with Crippen molar-refractivity contribution in [1.82, 2.24) is 0 Å². The number of hydrogen-bond donors (Lipinski definition) is 2. The zero-order valence-corrected chi connectivity index (χ0v) is 15.6. The molecular formula is C20H27ClNO3+. The van der Waals surface area contributed by atoms with Crippen LogP contribution in [0, 0.1) is 0 Å². The first-order valence-corrected chi connectivity index (χ1v) is 9.11. The van der Waals surface area contributed by atoms with Crippen LogP contribution >= 0.6 is 11.6 Å². The monoisotopic (exact) mass is 364 g/mol. The van der Waals surface area contributed by atoms with Crippen molar-refractivity contribution in [1.29, 1.82) is 0 Å². The lowest BCUT2D eigenvalue weighted by Crippen LogP contribution is -2.89. The standard InChI is InChI=1S/C20H26ClNO3/c1-3-17(13-23)22-12-15-9-10-19(20(11-15)24-4-2)25-14-16-7-5-6-8-18(16)21/h5-11,17,22-23H,3-4,12-14H2,1-2H3/p+1/t17-/m1/s1. The summed E-state index contributed by atoms with van der Waals surface area (Å²) in [5, 5.41) is 12.1. The van der Waals surface area contributed by atoms with Crippen molar-refractivity contribution in [2.24, 2.45) is 0 Å². The molecule has 136 valence electrons. The highest BCUT2D eigenvalue weighted by Gasteiger charge is 2.11. The molecule has 0 aliphatic carbocycles. The fourth-order valence-electron chi connectivity index (χ4n) is 2.51. The van der Waals surface area contributed by atoms with Gasteiger partial charge in [0.1, 0.15) is 19.2 Å². The van der Waals surface area contributed by atoms with E-state index in [1.807, 2.05) is 49.4 Å². The summed E-state index contributed by atoms with van der Waals surface area (Å²) in [6.45, 7) is 5.99. The van der Waals surface area contributed by atoms with Gasteiger partial charge in [-0.05, 0) is 37.6 Å². The first-order chi connectivity index (χ1) is 12.2. The molecule has 0 heterocycles. The van der Waals surface area contributed by atoms with E-state index < -0.39 is 0 Å². The second-order valence-corrected chi connectivity index (χ2v) is 6.29. The Morgan fingerprint density at radius 3 is 2.56 bits per heavy atom. The molecular weight excluding hydrogens is 338 g/mol. The lowest BCUT2D eigenvalue weighted by atomic mass is 10.1. The van der Waals surface area contributed by atoms with E-state index in [0.717, 1.165) is 29.8 Å². The molecule has 0 bridgehead atoms. The summed E-state index contributed by atoms with van der Waals surface area (Å²) in [4.78, 5) is 0. The van der Waals surface area contributed by atoms with E-state index in [4.69, 9.17) is 21.1 Å². The van der Waals surface area contributed by atoms with Gasteiger partial charge in [0.2, 0.25) is 0 Å². The molecule has 1 atom stereocenters. The van der Waals surface area contributed by atoms with Gasteiger partial charge in [-0.1, -0.05) is 36.7 Å². The molecule has 0 radical (unpaired) electrons. The van der Waals surface area contributed by atoms with Gasteiger partial charge in [0.15, 0.2) is 11.5 Å². The molecule has 0 saturated carbocycles. The molecule has 2 rings (SSSR count). The zero-order chi connectivity index (χ0) is 18.1. The first kappa shape index (κ1) is 19.6. The minimum absolute atomic E-state index is 0.188. The summed E-state index contributed by atoms with van der Waals surface area (Å²) in [6, 6.07) is 13.9. The molecule has 2 aromatic rings. The van der Waals surface area contributed by atoms with Gasteiger partial charge >= 0.3 is 0 Å². The van der Waals surface area contributed by atoms with Gasteiger partial charge in [-0.3, -0.25) is 0 Å². The molecule has 25 heavy (non-hydrogen) atoms. The van der Waals surface area contributed by atoms with E-state index in [1.165, 1.54) is 0 Å². The van der Waals surface area contributed by atoms with Gasteiger partial charge < -0.3 is 19.9 Å². The largest absolute Gasteiger partial charge is 0.490 e.